The average Bonchev–Trinajstić information content (AvgIpc) is 2.32. The number of benzene rings is 1. The van der Waals surface area contributed by atoms with Crippen LogP contribution < -0.4 is 11.1 Å². The van der Waals surface area contributed by atoms with Crippen LogP contribution in [-0.2, 0) is 9.53 Å². The predicted molar refractivity (Wildman–Crippen MR) is 70.6 cm³/mol. The van der Waals surface area contributed by atoms with Crippen molar-refractivity contribution in [3.63, 3.8) is 0 Å². The van der Waals surface area contributed by atoms with Crippen molar-refractivity contribution >= 4 is 28.9 Å². The van der Waals surface area contributed by atoms with E-state index in [1.165, 1.54) is 12.1 Å². The van der Waals surface area contributed by atoms with Gasteiger partial charge in [-0.2, -0.15) is 13.2 Å². The predicted octanol–water partition coefficient (Wildman–Crippen LogP) is 3.22. The van der Waals surface area contributed by atoms with Crippen LogP contribution in [0, 0.1) is 0 Å². The Morgan fingerprint density at radius 3 is 2.70 bits per heavy atom. The van der Waals surface area contributed by atoms with E-state index in [0.717, 1.165) is 0 Å². The van der Waals surface area contributed by atoms with Crippen LogP contribution in [0.5, 0.6) is 0 Å². The summed E-state index contributed by atoms with van der Waals surface area (Å²) in [6.45, 7) is -0.448. The number of halogens is 4. The van der Waals surface area contributed by atoms with E-state index >= 15 is 0 Å². The van der Waals surface area contributed by atoms with Gasteiger partial charge in [0.05, 0.1) is 10.7 Å². The molecular weight excluding hydrogens is 297 g/mol. The minimum Gasteiger partial charge on any atom is -0.397 e. The molecule has 0 unspecified atom stereocenters. The smallest absolute Gasteiger partial charge is 0.389 e. The molecule has 112 valence electrons. The Kier molecular flexibility index (Phi) is 6.09. The molecule has 1 amide bonds. The summed E-state index contributed by atoms with van der Waals surface area (Å²) < 4.78 is 40.4. The highest BCUT2D eigenvalue weighted by atomic mass is 35.5. The molecule has 0 heterocycles. The van der Waals surface area contributed by atoms with Crippen molar-refractivity contribution in [3.05, 3.63) is 23.2 Å². The zero-order valence-corrected chi connectivity index (χ0v) is 11.2. The summed E-state index contributed by atoms with van der Waals surface area (Å²) in [6.07, 6.45) is -5.31. The number of rotatable bonds is 6. The van der Waals surface area contributed by atoms with E-state index in [9.17, 15) is 18.0 Å². The molecule has 0 aliphatic rings. The Balaban J connectivity index is 2.25. The SMILES string of the molecule is Nc1cc(NC(=O)COCCCC(F)(F)F)ccc1Cl. The van der Waals surface area contributed by atoms with Gasteiger partial charge < -0.3 is 15.8 Å². The minimum absolute atomic E-state index is 0.129. The van der Waals surface area contributed by atoms with Crippen LogP contribution in [0.2, 0.25) is 5.02 Å². The molecule has 1 rings (SSSR count). The minimum atomic E-state index is -4.20. The van der Waals surface area contributed by atoms with Crippen molar-refractivity contribution in [2.75, 3.05) is 24.3 Å². The number of alkyl halides is 3. The fourth-order valence-corrected chi connectivity index (χ4v) is 1.48. The average molecular weight is 311 g/mol. The van der Waals surface area contributed by atoms with Gasteiger partial charge in [-0.25, -0.2) is 0 Å². The number of nitrogens with one attached hydrogen (secondary N) is 1. The van der Waals surface area contributed by atoms with Gasteiger partial charge >= 0.3 is 6.18 Å². The third-order valence-electron chi connectivity index (χ3n) is 2.26. The van der Waals surface area contributed by atoms with Crippen LogP contribution in [0.1, 0.15) is 12.8 Å². The molecule has 0 aromatic heterocycles. The van der Waals surface area contributed by atoms with Gasteiger partial charge in [0.1, 0.15) is 6.61 Å². The molecule has 1 aromatic carbocycles. The first-order chi connectivity index (χ1) is 9.28. The number of amides is 1. The normalized spacial score (nSPS) is 11.4. The number of hydrogen-bond donors (Lipinski definition) is 2. The van der Waals surface area contributed by atoms with Gasteiger partial charge in [-0.3, -0.25) is 4.79 Å². The first-order valence-corrected chi connectivity index (χ1v) is 6.15. The number of nitrogens with two attached hydrogens (primary N) is 1. The standard InChI is InChI=1S/C12H14ClF3N2O2/c13-9-3-2-8(6-10(9)17)18-11(19)7-20-5-1-4-12(14,15)16/h2-3,6H,1,4-5,7,17H2,(H,18,19). The summed E-state index contributed by atoms with van der Waals surface area (Å²) in [5.41, 5.74) is 6.31. The Morgan fingerprint density at radius 1 is 1.40 bits per heavy atom. The van der Waals surface area contributed by atoms with Crippen molar-refractivity contribution in [2.24, 2.45) is 0 Å². The fraction of sp³-hybridized carbons (Fsp3) is 0.417. The molecule has 0 spiro atoms. The third kappa shape index (κ3) is 6.63. The molecule has 4 nitrogen and oxygen atoms in total. The molecule has 20 heavy (non-hydrogen) atoms. The second kappa shape index (κ2) is 7.35. The van der Waals surface area contributed by atoms with Crippen LogP contribution in [0.25, 0.3) is 0 Å². The summed E-state index contributed by atoms with van der Waals surface area (Å²) in [4.78, 5) is 11.4. The summed E-state index contributed by atoms with van der Waals surface area (Å²) in [7, 11) is 0. The molecule has 0 fully saturated rings. The summed E-state index contributed by atoms with van der Waals surface area (Å²) in [5.74, 6) is -0.473. The van der Waals surface area contributed by atoms with Crippen LogP contribution in [0.4, 0.5) is 24.5 Å². The van der Waals surface area contributed by atoms with Crippen LogP contribution in [-0.4, -0.2) is 25.3 Å². The number of hydrogen-bond acceptors (Lipinski definition) is 3. The highest BCUT2D eigenvalue weighted by Gasteiger charge is 2.25. The van der Waals surface area contributed by atoms with E-state index in [1.54, 1.807) is 6.07 Å². The number of ether oxygens (including phenoxy) is 1. The molecule has 0 aliphatic heterocycles. The van der Waals surface area contributed by atoms with Gasteiger partial charge in [0.15, 0.2) is 0 Å². The number of nitrogen functional groups attached to an aromatic ring is 1. The highest BCUT2D eigenvalue weighted by Crippen LogP contribution is 2.22. The van der Waals surface area contributed by atoms with E-state index < -0.39 is 18.5 Å². The van der Waals surface area contributed by atoms with Gasteiger partial charge in [0.25, 0.3) is 0 Å². The maximum atomic E-state index is 11.8. The van der Waals surface area contributed by atoms with Gasteiger partial charge in [-0.05, 0) is 24.6 Å². The van der Waals surface area contributed by atoms with Gasteiger partial charge in [0.2, 0.25) is 5.91 Å². The molecule has 0 saturated carbocycles. The van der Waals surface area contributed by atoms with E-state index in [0.29, 0.717) is 16.4 Å². The lowest BCUT2D eigenvalue weighted by Gasteiger charge is -2.08. The van der Waals surface area contributed by atoms with E-state index in [4.69, 9.17) is 22.1 Å². The second-order valence-corrected chi connectivity index (χ2v) is 4.46. The molecule has 8 heteroatoms. The van der Waals surface area contributed by atoms with Gasteiger partial charge in [-0.1, -0.05) is 11.6 Å². The van der Waals surface area contributed by atoms with Crippen molar-refractivity contribution in [1.82, 2.24) is 0 Å². The molecule has 1 aromatic rings. The fourth-order valence-electron chi connectivity index (χ4n) is 1.36. The van der Waals surface area contributed by atoms with Crippen LogP contribution in [0.15, 0.2) is 18.2 Å². The zero-order valence-electron chi connectivity index (χ0n) is 10.5. The van der Waals surface area contributed by atoms with Crippen molar-refractivity contribution in [2.45, 2.75) is 19.0 Å². The van der Waals surface area contributed by atoms with Crippen molar-refractivity contribution < 1.29 is 22.7 Å². The van der Waals surface area contributed by atoms with Gasteiger partial charge in [0, 0.05) is 18.7 Å². The van der Waals surface area contributed by atoms with E-state index in [2.05, 4.69) is 5.32 Å². The van der Waals surface area contributed by atoms with Crippen LogP contribution in [0.3, 0.4) is 0 Å². The van der Waals surface area contributed by atoms with E-state index in [-0.39, 0.29) is 19.6 Å². The third-order valence-corrected chi connectivity index (χ3v) is 2.61. The Labute approximate surface area is 119 Å². The number of carbonyl (C=O) groups is 1. The molecule has 0 atom stereocenters. The zero-order chi connectivity index (χ0) is 15.2. The molecule has 0 radical (unpaired) electrons. The highest BCUT2D eigenvalue weighted by molar-refractivity contribution is 6.33. The summed E-state index contributed by atoms with van der Waals surface area (Å²) >= 11 is 5.72. The Morgan fingerprint density at radius 2 is 2.10 bits per heavy atom. The quantitative estimate of drug-likeness (QED) is 0.626. The lowest BCUT2D eigenvalue weighted by Crippen LogP contribution is -2.19. The van der Waals surface area contributed by atoms with Gasteiger partial charge in [-0.15, -0.1) is 0 Å². The first-order valence-electron chi connectivity index (χ1n) is 5.77. The maximum absolute atomic E-state index is 11.8. The van der Waals surface area contributed by atoms with Crippen molar-refractivity contribution in [1.29, 1.82) is 0 Å². The first kappa shape index (κ1) is 16.6. The van der Waals surface area contributed by atoms with E-state index in [1.807, 2.05) is 0 Å². The Hall–Kier alpha value is -1.47. The summed E-state index contributed by atoms with van der Waals surface area (Å²) in [5, 5.41) is 2.86. The molecular formula is C12H14ClF3N2O2. The topological polar surface area (TPSA) is 64.3 Å². The molecule has 3 N–H and O–H groups in total. The van der Waals surface area contributed by atoms with Crippen molar-refractivity contribution in [3.8, 4) is 0 Å². The second-order valence-electron chi connectivity index (χ2n) is 4.06. The largest absolute Gasteiger partial charge is 0.397 e. The molecule has 0 aliphatic carbocycles. The monoisotopic (exact) mass is 310 g/mol. The molecule has 0 bridgehead atoms. The lowest BCUT2D eigenvalue weighted by atomic mass is 10.3. The summed E-state index contributed by atoms with van der Waals surface area (Å²) in [6, 6.07) is 4.56. The number of carbonyl (C=O) groups excluding carboxylic acids is 1. The van der Waals surface area contributed by atoms with Crippen LogP contribution >= 0.6 is 11.6 Å². The Bertz CT molecular complexity index is 467. The maximum Gasteiger partial charge on any atom is 0.389 e. The number of anilines is 2. The lowest BCUT2D eigenvalue weighted by molar-refractivity contribution is -0.138. The molecule has 0 saturated heterocycles.